The largest absolute Gasteiger partial charge is 0.301 e. The van der Waals surface area contributed by atoms with E-state index in [-0.39, 0.29) is 12.4 Å². The number of allylic oxidation sites excluding steroid dienone is 1. The Bertz CT molecular complexity index is 1030. The predicted octanol–water partition coefficient (Wildman–Crippen LogP) is 5.65. The van der Waals surface area contributed by atoms with Crippen LogP contribution < -0.4 is 0 Å². The number of rotatable bonds is 8. The van der Waals surface area contributed by atoms with Gasteiger partial charge in [0.1, 0.15) is 5.94 Å². The number of piperazine rings is 1. The van der Waals surface area contributed by atoms with Gasteiger partial charge in [0.15, 0.2) is 0 Å². The fourth-order valence-electron chi connectivity index (χ4n) is 4.03. The first-order valence-electron chi connectivity index (χ1n) is 10.7. The Balaban J connectivity index is 0.00000272. The van der Waals surface area contributed by atoms with E-state index < -0.39 is 0 Å². The van der Waals surface area contributed by atoms with Crippen molar-refractivity contribution in [1.82, 2.24) is 9.80 Å². The van der Waals surface area contributed by atoms with Crippen molar-refractivity contribution in [3.05, 3.63) is 77.2 Å². The summed E-state index contributed by atoms with van der Waals surface area (Å²) >= 11 is 1.70. The van der Waals surface area contributed by atoms with Crippen LogP contribution in [-0.2, 0) is 4.79 Å². The van der Waals surface area contributed by atoms with E-state index in [2.05, 4.69) is 69.7 Å². The lowest BCUT2D eigenvalue weighted by Crippen LogP contribution is -2.46. The molecule has 0 atom stereocenters. The van der Waals surface area contributed by atoms with Gasteiger partial charge in [-0.3, -0.25) is 4.90 Å². The maximum absolute atomic E-state index is 11.6. The van der Waals surface area contributed by atoms with Gasteiger partial charge in [0, 0.05) is 59.3 Å². The van der Waals surface area contributed by atoms with Gasteiger partial charge in [0.05, 0.1) is 0 Å². The summed E-state index contributed by atoms with van der Waals surface area (Å²) in [6.45, 7) is 6.45. The number of fused-ring (bicyclic) bond motifs is 1. The summed E-state index contributed by atoms with van der Waals surface area (Å²) in [5.74, 6) is 2.22. The van der Waals surface area contributed by atoms with E-state index in [1.165, 1.54) is 15.6 Å². The lowest BCUT2D eigenvalue weighted by molar-refractivity contribution is 0.142. The number of thiophene rings is 1. The van der Waals surface area contributed by atoms with Crippen molar-refractivity contribution < 1.29 is 4.79 Å². The van der Waals surface area contributed by atoms with Gasteiger partial charge in [-0.2, -0.15) is 0 Å². The standard InChI is InChI=1S/C26H28N2OS.ClH/c29-20-23(25-21-30-26-13-5-4-12-24(25)26)11-7-15-28-18-16-27(17-19-28)14-6-10-22-8-2-1-3-9-22;/h1-6,8-10,12-13,21H,7,11,14-19H2;1H. The Labute approximate surface area is 195 Å². The van der Waals surface area contributed by atoms with Crippen LogP contribution in [0.15, 0.2) is 66.1 Å². The molecule has 0 radical (unpaired) electrons. The Hall–Kier alpha value is -2.20. The minimum Gasteiger partial charge on any atom is -0.301 e. The molecule has 1 aromatic heterocycles. The smallest absolute Gasteiger partial charge is 0.128 e. The summed E-state index contributed by atoms with van der Waals surface area (Å²) in [5.41, 5.74) is 3.14. The van der Waals surface area contributed by atoms with E-state index in [4.69, 9.17) is 0 Å². The fourth-order valence-corrected chi connectivity index (χ4v) is 5.01. The lowest BCUT2D eigenvalue weighted by atomic mass is 10.0. The van der Waals surface area contributed by atoms with E-state index in [9.17, 15) is 4.79 Å². The van der Waals surface area contributed by atoms with Gasteiger partial charge in [0.2, 0.25) is 0 Å². The Morgan fingerprint density at radius 2 is 1.68 bits per heavy atom. The molecular weight excluding hydrogens is 424 g/mol. The molecule has 1 fully saturated rings. The first-order valence-corrected chi connectivity index (χ1v) is 11.6. The molecule has 0 saturated carbocycles. The van der Waals surface area contributed by atoms with E-state index in [0.29, 0.717) is 0 Å². The molecule has 2 heterocycles. The molecule has 1 aliphatic rings. The topological polar surface area (TPSA) is 23.6 Å². The zero-order valence-electron chi connectivity index (χ0n) is 17.7. The molecule has 0 bridgehead atoms. The van der Waals surface area contributed by atoms with Crippen molar-refractivity contribution in [2.45, 2.75) is 12.8 Å². The van der Waals surface area contributed by atoms with Crippen molar-refractivity contribution in [3.8, 4) is 0 Å². The molecule has 162 valence electrons. The van der Waals surface area contributed by atoms with Crippen molar-refractivity contribution in [2.75, 3.05) is 39.3 Å². The summed E-state index contributed by atoms with van der Waals surface area (Å²) in [4.78, 5) is 16.6. The maximum Gasteiger partial charge on any atom is 0.128 e. The second kappa shape index (κ2) is 12.0. The summed E-state index contributed by atoms with van der Waals surface area (Å²) in [5, 5.41) is 3.28. The molecule has 3 nitrogen and oxygen atoms in total. The number of hydrogen-bond acceptors (Lipinski definition) is 4. The fraction of sp³-hybridized carbons (Fsp3) is 0.308. The molecule has 2 aromatic carbocycles. The number of hydrogen-bond donors (Lipinski definition) is 0. The van der Waals surface area contributed by atoms with Crippen molar-refractivity contribution in [2.24, 2.45) is 0 Å². The first-order chi connectivity index (χ1) is 14.8. The Morgan fingerprint density at radius 3 is 2.45 bits per heavy atom. The Kier molecular flexibility index (Phi) is 9.08. The molecular formula is C26H29ClN2OS. The number of halogens is 1. The molecule has 1 aliphatic heterocycles. The minimum atomic E-state index is 0. The molecule has 1 saturated heterocycles. The van der Waals surface area contributed by atoms with Crippen molar-refractivity contribution in [1.29, 1.82) is 0 Å². The highest BCUT2D eigenvalue weighted by molar-refractivity contribution is 7.17. The van der Waals surface area contributed by atoms with Crippen LogP contribution in [0, 0.1) is 0 Å². The van der Waals surface area contributed by atoms with Crippen LogP contribution >= 0.6 is 23.7 Å². The van der Waals surface area contributed by atoms with E-state index in [0.717, 1.165) is 63.2 Å². The van der Waals surface area contributed by atoms with Gasteiger partial charge in [-0.1, -0.05) is 60.7 Å². The van der Waals surface area contributed by atoms with Crippen LogP contribution in [0.25, 0.3) is 21.7 Å². The minimum absolute atomic E-state index is 0. The quantitative estimate of drug-likeness (QED) is 0.412. The van der Waals surface area contributed by atoms with Crippen LogP contribution in [0.2, 0.25) is 0 Å². The van der Waals surface area contributed by atoms with Gasteiger partial charge in [-0.15, -0.1) is 23.7 Å². The van der Waals surface area contributed by atoms with Gasteiger partial charge < -0.3 is 4.90 Å². The lowest BCUT2D eigenvalue weighted by Gasteiger charge is -2.34. The molecule has 3 aromatic rings. The second-order valence-electron chi connectivity index (χ2n) is 7.79. The third kappa shape index (κ3) is 6.39. The van der Waals surface area contributed by atoms with Crippen LogP contribution in [-0.4, -0.2) is 55.0 Å². The number of carbonyl (C=O) groups excluding carboxylic acids is 1. The number of nitrogens with zero attached hydrogens (tertiary/aromatic N) is 2. The summed E-state index contributed by atoms with van der Waals surface area (Å²) in [6, 6.07) is 18.8. The number of benzene rings is 2. The highest BCUT2D eigenvalue weighted by Gasteiger charge is 2.16. The van der Waals surface area contributed by atoms with Gasteiger partial charge in [-0.05, 0) is 31.0 Å². The molecule has 0 unspecified atom stereocenters. The third-order valence-electron chi connectivity index (χ3n) is 5.77. The molecule has 0 aliphatic carbocycles. The van der Waals surface area contributed by atoms with Crippen LogP contribution in [0.4, 0.5) is 0 Å². The van der Waals surface area contributed by atoms with E-state index >= 15 is 0 Å². The van der Waals surface area contributed by atoms with Crippen molar-refractivity contribution >= 4 is 51.4 Å². The zero-order valence-corrected chi connectivity index (χ0v) is 19.3. The molecule has 0 N–H and O–H groups in total. The molecule has 0 spiro atoms. The van der Waals surface area contributed by atoms with Gasteiger partial charge in [0.25, 0.3) is 0 Å². The average molecular weight is 453 g/mol. The highest BCUT2D eigenvalue weighted by atomic mass is 35.5. The third-order valence-corrected chi connectivity index (χ3v) is 6.73. The predicted molar refractivity (Wildman–Crippen MR) is 136 cm³/mol. The summed E-state index contributed by atoms with van der Waals surface area (Å²) in [6.07, 6.45) is 6.26. The van der Waals surface area contributed by atoms with Gasteiger partial charge in [-0.25, -0.2) is 4.79 Å². The summed E-state index contributed by atoms with van der Waals surface area (Å²) < 4.78 is 1.23. The monoisotopic (exact) mass is 452 g/mol. The molecule has 5 heteroatoms. The zero-order chi connectivity index (χ0) is 20.6. The first kappa shape index (κ1) is 23.5. The van der Waals surface area contributed by atoms with E-state index in [1.54, 1.807) is 11.3 Å². The molecule has 4 rings (SSSR count). The van der Waals surface area contributed by atoms with Crippen LogP contribution in [0.1, 0.15) is 24.0 Å². The van der Waals surface area contributed by atoms with Crippen LogP contribution in [0.3, 0.4) is 0 Å². The maximum atomic E-state index is 11.6. The average Bonchev–Trinajstić information content (AvgIpc) is 3.23. The SMILES string of the molecule is Cl.O=C=C(CCCN1CCN(CC=Cc2ccccc2)CC1)c1csc2ccccc12. The van der Waals surface area contributed by atoms with Crippen LogP contribution in [0.5, 0.6) is 0 Å². The van der Waals surface area contributed by atoms with E-state index in [1.807, 2.05) is 18.2 Å². The normalized spacial score (nSPS) is 15.1. The second-order valence-corrected chi connectivity index (χ2v) is 8.70. The van der Waals surface area contributed by atoms with Crippen molar-refractivity contribution in [3.63, 3.8) is 0 Å². The molecule has 0 amide bonds. The highest BCUT2D eigenvalue weighted by Crippen LogP contribution is 2.31. The molecule has 31 heavy (non-hydrogen) atoms. The Morgan fingerprint density at radius 1 is 0.968 bits per heavy atom. The van der Waals surface area contributed by atoms with Gasteiger partial charge >= 0.3 is 0 Å². The summed E-state index contributed by atoms with van der Waals surface area (Å²) in [7, 11) is 0.